The first-order valence-electron chi connectivity index (χ1n) is 11.0. The fourth-order valence-corrected chi connectivity index (χ4v) is 8.38. The van der Waals surface area contributed by atoms with Gasteiger partial charge in [-0.1, -0.05) is 40.5 Å². The van der Waals surface area contributed by atoms with Gasteiger partial charge in [-0.3, -0.25) is 4.79 Å². The van der Waals surface area contributed by atoms with Crippen molar-refractivity contribution in [3.05, 3.63) is 0 Å². The van der Waals surface area contributed by atoms with Crippen LogP contribution in [-0.4, -0.2) is 17.0 Å². The van der Waals surface area contributed by atoms with Gasteiger partial charge >= 0.3 is 0 Å². The van der Waals surface area contributed by atoms with Crippen molar-refractivity contribution in [3.63, 3.8) is 0 Å². The van der Waals surface area contributed by atoms with Gasteiger partial charge < -0.3 is 5.11 Å². The summed E-state index contributed by atoms with van der Waals surface area (Å²) in [7, 11) is 0. The molecule has 0 aromatic rings. The van der Waals surface area contributed by atoms with E-state index in [0.717, 1.165) is 31.6 Å². The summed E-state index contributed by atoms with van der Waals surface area (Å²) >= 11 is 0. The number of hydrogen-bond donors (Lipinski definition) is 1. The van der Waals surface area contributed by atoms with Crippen LogP contribution in [0.3, 0.4) is 0 Å². The first kappa shape index (κ1) is 18.0. The highest BCUT2D eigenvalue weighted by Gasteiger charge is 2.67. The fourth-order valence-electron chi connectivity index (χ4n) is 8.38. The molecule has 8 atom stereocenters. The minimum atomic E-state index is -0.195. The lowest BCUT2D eigenvalue weighted by atomic mass is 9.38. The third-order valence-corrected chi connectivity index (χ3v) is 10.1. The molecule has 0 heterocycles. The van der Waals surface area contributed by atoms with Crippen LogP contribution in [0.25, 0.3) is 0 Å². The predicted octanol–water partition coefficient (Wildman–Crippen LogP) is 5.38. The molecule has 4 aliphatic rings. The van der Waals surface area contributed by atoms with Crippen LogP contribution in [0.4, 0.5) is 0 Å². The van der Waals surface area contributed by atoms with Crippen molar-refractivity contribution in [3.8, 4) is 0 Å². The molecule has 2 heteroatoms. The van der Waals surface area contributed by atoms with E-state index in [9.17, 15) is 9.90 Å². The van der Waals surface area contributed by atoms with Crippen LogP contribution in [0.5, 0.6) is 0 Å². The van der Waals surface area contributed by atoms with Crippen LogP contribution in [0.15, 0.2) is 0 Å². The zero-order valence-corrected chi connectivity index (χ0v) is 16.8. The molecule has 4 fully saturated rings. The van der Waals surface area contributed by atoms with Crippen molar-refractivity contribution in [2.24, 2.45) is 39.9 Å². The number of aliphatic hydroxyl groups excluding tert-OH is 1. The summed E-state index contributed by atoms with van der Waals surface area (Å²) in [6, 6.07) is 0. The van der Waals surface area contributed by atoms with Crippen molar-refractivity contribution < 1.29 is 9.90 Å². The van der Waals surface area contributed by atoms with E-state index in [4.69, 9.17) is 0 Å². The Morgan fingerprint density at radius 3 is 2.56 bits per heavy atom. The number of hydrogen-bond acceptors (Lipinski definition) is 2. The second-order valence-electron chi connectivity index (χ2n) is 10.8. The van der Waals surface area contributed by atoms with Crippen LogP contribution >= 0.6 is 0 Å². The Morgan fingerprint density at radius 2 is 1.84 bits per heavy atom. The maximum absolute atomic E-state index is 12.1. The van der Waals surface area contributed by atoms with Gasteiger partial charge in [0.05, 0.1) is 6.10 Å². The minimum Gasteiger partial charge on any atom is -0.393 e. The molecule has 2 unspecified atom stereocenters. The maximum atomic E-state index is 12.1. The first-order valence-corrected chi connectivity index (χ1v) is 11.0. The van der Waals surface area contributed by atoms with E-state index in [0.29, 0.717) is 29.0 Å². The number of Topliss-reactive ketones (excluding diaryl/α,β-unsaturated/α-hetero) is 1. The van der Waals surface area contributed by atoms with Crippen molar-refractivity contribution in [1.82, 2.24) is 0 Å². The third-order valence-electron chi connectivity index (χ3n) is 10.1. The lowest BCUT2D eigenvalue weighted by Gasteiger charge is -2.67. The molecule has 25 heavy (non-hydrogen) atoms. The van der Waals surface area contributed by atoms with Crippen LogP contribution in [-0.2, 0) is 4.79 Å². The summed E-state index contributed by atoms with van der Waals surface area (Å²) in [5.41, 5.74) is 0.894. The molecule has 0 spiro atoms. The number of carbonyl (C=O) groups is 1. The average molecular weight is 347 g/mol. The Morgan fingerprint density at radius 1 is 1.08 bits per heavy atom. The lowest BCUT2D eigenvalue weighted by Crippen LogP contribution is -2.63. The van der Waals surface area contributed by atoms with Crippen LogP contribution in [0.2, 0.25) is 0 Å². The van der Waals surface area contributed by atoms with E-state index in [1.54, 1.807) is 0 Å². The molecule has 4 aliphatic carbocycles. The van der Waals surface area contributed by atoms with Crippen molar-refractivity contribution in [1.29, 1.82) is 0 Å². The third kappa shape index (κ3) is 2.28. The Balaban J connectivity index is 1.70. The van der Waals surface area contributed by atoms with Gasteiger partial charge in [0.15, 0.2) is 0 Å². The summed E-state index contributed by atoms with van der Waals surface area (Å²) in [5.74, 6) is 2.83. The number of rotatable bonds is 2. The van der Waals surface area contributed by atoms with Crippen LogP contribution in [0.1, 0.15) is 91.9 Å². The fraction of sp³-hybridized carbons (Fsp3) is 0.957. The van der Waals surface area contributed by atoms with Gasteiger partial charge in [0.1, 0.15) is 5.78 Å². The molecule has 0 bridgehead atoms. The molecule has 0 aromatic carbocycles. The van der Waals surface area contributed by atoms with E-state index in [-0.39, 0.29) is 16.9 Å². The van der Waals surface area contributed by atoms with Gasteiger partial charge in [-0.05, 0) is 78.4 Å². The molecule has 0 aromatic heterocycles. The zero-order chi connectivity index (χ0) is 18.0. The zero-order valence-electron chi connectivity index (χ0n) is 16.8. The highest BCUT2D eigenvalue weighted by molar-refractivity contribution is 5.79. The van der Waals surface area contributed by atoms with E-state index in [2.05, 4.69) is 27.7 Å². The summed E-state index contributed by atoms with van der Waals surface area (Å²) in [4.78, 5) is 12.1. The van der Waals surface area contributed by atoms with Gasteiger partial charge in [-0.25, -0.2) is 0 Å². The summed E-state index contributed by atoms with van der Waals surface area (Å²) < 4.78 is 0. The van der Waals surface area contributed by atoms with E-state index in [1.165, 1.54) is 38.5 Å². The predicted molar refractivity (Wildman–Crippen MR) is 101 cm³/mol. The highest BCUT2D eigenvalue weighted by atomic mass is 16.3. The van der Waals surface area contributed by atoms with Crippen molar-refractivity contribution in [2.45, 2.75) is 98.0 Å². The minimum absolute atomic E-state index is 0.195. The molecule has 0 aliphatic heterocycles. The van der Waals surface area contributed by atoms with E-state index < -0.39 is 0 Å². The molecule has 0 amide bonds. The molecule has 142 valence electrons. The SMILES string of the molecule is CCC[C@H]1CCC2[C@@H]3C(O)C[C@@H]4CC(=O)CC[C@]4(C)[C@@]3(C)CC[C@@]21C. The average Bonchev–Trinajstić information content (AvgIpc) is 2.87. The lowest BCUT2D eigenvalue weighted by molar-refractivity contribution is -0.214. The van der Waals surface area contributed by atoms with Gasteiger partial charge in [-0.15, -0.1) is 0 Å². The first-order chi connectivity index (χ1) is 11.8. The largest absolute Gasteiger partial charge is 0.393 e. The number of carbonyl (C=O) groups excluding carboxylic acids is 1. The molecule has 0 saturated heterocycles. The van der Waals surface area contributed by atoms with Gasteiger partial charge in [0.2, 0.25) is 0 Å². The Labute approximate surface area is 154 Å². The van der Waals surface area contributed by atoms with Crippen molar-refractivity contribution in [2.75, 3.05) is 0 Å². The summed E-state index contributed by atoms with van der Waals surface area (Å²) in [6.07, 6.45) is 11.1. The summed E-state index contributed by atoms with van der Waals surface area (Å²) in [5, 5.41) is 11.3. The topological polar surface area (TPSA) is 37.3 Å². The van der Waals surface area contributed by atoms with E-state index in [1.807, 2.05) is 0 Å². The smallest absolute Gasteiger partial charge is 0.133 e. The normalized spacial score (nSPS) is 55.4. The maximum Gasteiger partial charge on any atom is 0.133 e. The molecule has 4 saturated carbocycles. The molecule has 4 rings (SSSR count). The van der Waals surface area contributed by atoms with Crippen LogP contribution in [0, 0.1) is 39.9 Å². The molecular formula is C23H38O2. The monoisotopic (exact) mass is 346 g/mol. The molecule has 1 N–H and O–H groups in total. The Hall–Kier alpha value is -0.370. The van der Waals surface area contributed by atoms with Crippen LogP contribution < -0.4 is 0 Å². The second-order valence-corrected chi connectivity index (χ2v) is 10.8. The standard InChI is InChI=1S/C23H38O2/c1-5-6-15-7-8-18-20-19(25)14-16-13-17(24)9-10-22(16,3)23(20,4)12-11-21(15,18)2/h15-16,18-20,25H,5-14H2,1-4H3/t15-,16-,18?,19?,20+,21+,22-,23-/m0/s1. The number of ketones is 1. The molecule has 2 nitrogen and oxygen atoms in total. The highest BCUT2D eigenvalue weighted by Crippen LogP contribution is 2.72. The second kappa shape index (κ2) is 5.81. The quantitative estimate of drug-likeness (QED) is 0.729. The Bertz CT molecular complexity index is 556. The summed E-state index contributed by atoms with van der Waals surface area (Å²) in [6.45, 7) is 9.85. The van der Waals surface area contributed by atoms with Gasteiger partial charge in [0.25, 0.3) is 0 Å². The van der Waals surface area contributed by atoms with E-state index >= 15 is 0 Å². The Kier molecular flexibility index (Phi) is 4.19. The molecular weight excluding hydrogens is 308 g/mol. The number of aliphatic hydroxyl groups is 1. The van der Waals surface area contributed by atoms with Crippen molar-refractivity contribution >= 4 is 5.78 Å². The number of fused-ring (bicyclic) bond motifs is 5. The van der Waals surface area contributed by atoms with Gasteiger partial charge in [0, 0.05) is 12.8 Å². The molecule has 0 radical (unpaired) electrons. The van der Waals surface area contributed by atoms with Gasteiger partial charge in [-0.2, -0.15) is 0 Å².